The van der Waals surface area contributed by atoms with Crippen LogP contribution in [0.15, 0.2) is 0 Å². The summed E-state index contributed by atoms with van der Waals surface area (Å²) in [5, 5.41) is 13.2. The number of nitrogens with one attached hydrogen (secondary N) is 1. The molecule has 2 N–H and O–H groups in total. The van der Waals surface area contributed by atoms with Crippen molar-refractivity contribution in [2.24, 2.45) is 0 Å². The zero-order valence-electron chi connectivity index (χ0n) is 9.74. The zero-order valence-corrected chi connectivity index (χ0v) is 10.6. The van der Waals surface area contributed by atoms with Crippen molar-refractivity contribution in [3.63, 3.8) is 0 Å². The Kier molecular flexibility index (Phi) is 5.79. The van der Waals surface area contributed by atoms with Crippen LogP contribution in [0.4, 0.5) is 0 Å². The normalized spacial score (nSPS) is 22.1. The van der Waals surface area contributed by atoms with Crippen LogP contribution in [-0.4, -0.2) is 39.0 Å². The van der Waals surface area contributed by atoms with Crippen molar-refractivity contribution in [3.8, 4) is 0 Å². The molecular formula is C11H23NO2S. The number of rotatable bonds is 6. The van der Waals surface area contributed by atoms with Crippen LogP contribution in [0.25, 0.3) is 0 Å². The van der Waals surface area contributed by atoms with Crippen LogP contribution < -0.4 is 5.32 Å². The molecule has 0 aromatic heterocycles. The van der Waals surface area contributed by atoms with Crippen LogP contribution in [-0.2, 0) is 10.8 Å². The van der Waals surface area contributed by atoms with Crippen molar-refractivity contribution in [1.82, 2.24) is 5.32 Å². The van der Waals surface area contributed by atoms with Gasteiger partial charge in [0.2, 0.25) is 0 Å². The van der Waals surface area contributed by atoms with Gasteiger partial charge < -0.3 is 10.4 Å². The summed E-state index contributed by atoms with van der Waals surface area (Å²) in [5.74, 6) is 0.435. The average Bonchev–Trinajstić information content (AvgIpc) is 2.67. The van der Waals surface area contributed by atoms with E-state index in [0.717, 1.165) is 12.8 Å². The van der Waals surface area contributed by atoms with E-state index in [2.05, 4.69) is 5.32 Å². The molecule has 1 aliphatic rings. The number of hydrogen-bond acceptors (Lipinski definition) is 3. The van der Waals surface area contributed by atoms with E-state index >= 15 is 0 Å². The summed E-state index contributed by atoms with van der Waals surface area (Å²) in [7, 11) is -0.830. The van der Waals surface area contributed by atoms with Crippen molar-refractivity contribution < 1.29 is 9.32 Å². The third-order valence-electron chi connectivity index (χ3n) is 2.79. The van der Waals surface area contributed by atoms with Crippen LogP contribution in [0, 0.1) is 0 Å². The Labute approximate surface area is 95.1 Å². The highest BCUT2D eigenvalue weighted by molar-refractivity contribution is 7.85. The lowest BCUT2D eigenvalue weighted by Crippen LogP contribution is -2.36. The van der Waals surface area contributed by atoms with Crippen LogP contribution in [0.2, 0.25) is 0 Å². The lowest BCUT2D eigenvalue weighted by atomic mass is 10.3. The maximum Gasteiger partial charge on any atom is 0.0779 e. The first-order chi connectivity index (χ1) is 7.09. The Morgan fingerprint density at radius 1 is 1.40 bits per heavy atom. The van der Waals surface area contributed by atoms with E-state index in [4.69, 9.17) is 0 Å². The molecule has 0 aromatic rings. The standard InChI is InChI=1S/C11H23NO2S/c1-9(2)12-7-10(13)8-15(14)11-5-3-4-6-11/h9-13H,3-8H2,1-2H3. The second kappa shape index (κ2) is 6.61. The summed E-state index contributed by atoms with van der Waals surface area (Å²) in [6.45, 7) is 4.64. The Morgan fingerprint density at radius 2 is 2.00 bits per heavy atom. The molecule has 2 unspecified atom stereocenters. The quantitative estimate of drug-likeness (QED) is 0.720. The Hall–Kier alpha value is 0.0700. The molecule has 4 heteroatoms. The SMILES string of the molecule is CC(C)NCC(O)CS(=O)C1CCCC1. The van der Waals surface area contributed by atoms with Gasteiger partial charge in [-0.05, 0) is 12.8 Å². The summed E-state index contributed by atoms with van der Waals surface area (Å²) < 4.78 is 11.8. The van der Waals surface area contributed by atoms with Gasteiger partial charge in [-0.1, -0.05) is 26.7 Å². The molecule has 0 heterocycles. The molecule has 1 saturated carbocycles. The van der Waals surface area contributed by atoms with Crippen LogP contribution in [0.5, 0.6) is 0 Å². The maximum atomic E-state index is 11.8. The van der Waals surface area contributed by atoms with Gasteiger partial charge in [0.05, 0.1) is 11.9 Å². The lowest BCUT2D eigenvalue weighted by molar-refractivity contribution is 0.191. The molecule has 0 radical (unpaired) electrons. The fraction of sp³-hybridized carbons (Fsp3) is 1.00. The van der Waals surface area contributed by atoms with Crippen LogP contribution in [0.3, 0.4) is 0 Å². The van der Waals surface area contributed by atoms with Crippen molar-refractivity contribution in [3.05, 3.63) is 0 Å². The van der Waals surface area contributed by atoms with E-state index in [9.17, 15) is 9.32 Å². The summed E-state index contributed by atoms with van der Waals surface area (Å²) in [5.41, 5.74) is 0. The molecule has 2 atom stereocenters. The minimum absolute atomic E-state index is 0.346. The van der Waals surface area contributed by atoms with E-state index in [1.165, 1.54) is 12.8 Å². The second-order valence-electron chi connectivity index (χ2n) is 4.67. The van der Waals surface area contributed by atoms with Gasteiger partial charge in [0, 0.05) is 28.6 Å². The Morgan fingerprint density at radius 3 is 2.53 bits per heavy atom. The average molecular weight is 233 g/mol. The molecule has 15 heavy (non-hydrogen) atoms. The number of aliphatic hydroxyl groups excluding tert-OH is 1. The zero-order chi connectivity index (χ0) is 11.3. The van der Waals surface area contributed by atoms with E-state index in [1.54, 1.807) is 0 Å². The monoisotopic (exact) mass is 233 g/mol. The molecule has 0 aliphatic heterocycles. The summed E-state index contributed by atoms with van der Waals surface area (Å²) in [4.78, 5) is 0. The van der Waals surface area contributed by atoms with Crippen LogP contribution in [0.1, 0.15) is 39.5 Å². The smallest absolute Gasteiger partial charge is 0.0779 e. The van der Waals surface area contributed by atoms with Gasteiger partial charge in [-0.15, -0.1) is 0 Å². The fourth-order valence-corrected chi connectivity index (χ4v) is 3.54. The molecule has 0 bridgehead atoms. The fourth-order valence-electron chi connectivity index (χ4n) is 1.91. The molecular weight excluding hydrogens is 210 g/mol. The van der Waals surface area contributed by atoms with Crippen molar-refractivity contribution >= 4 is 10.8 Å². The first kappa shape index (κ1) is 13.1. The number of hydrogen-bond donors (Lipinski definition) is 2. The molecule has 0 amide bonds. The molecule has 90 valence electrons. The molecule has 1 aliphatic carbocycles. The topological polar surface area (TPSA) is 49.3 Å². The van der Waals surface area contributed by atoms with E-state index in [0.29, 0.717) is 23.6 Å². The second-order valence-corrected chi connectivity index (χ2v) is 6.43. The van der Waals surface area contributed by atoms with Gasteiger partial charge >= 0.3 is 0 Å². The summed E-state index contributed by atoms with van der Waals surface area (Å²) >= 11 is 0. The molecule has 1 fully saturated rings. The largest absolute Gasteiger partial charge is 0.391 e. The molecule has 0 aromatic carbocycles. The van der Waals surface area contributed by atoms with Gasteiger partial charge in [0.25, 0.3) is 0 Å². The predicted molar refractivity (Wildman–Crippen MR) is 64.4 cm³/mol. The summed E-state index contributed by atoms with van der Waals surface area (Å²) in [6.07, 6.45) is 4.11. The maximum absolute atomic E-state index is 11.8. The van der Waals surface area contributed by atoms with Gasteiger partial charge in [0.1, 0.15) is 0 Å². The highest BCUT2D eigenvalue weighted by Crippen LogP contribution is 2.23. The van der Waals surface area contributed by atoms with E-state index in [1.807, 2.05) is 13.8 Å². The van der Waals surface area contributed by atoms with Gasteiger partial charge in [-0.3, -0.25) is 4.21 Å². The van der Waals surface area contributed by atoms with Gasteiger partial charge in [-0.25, -0.2) is 0 Å². The van der Waals surface area contributed by atoms with Crippen molar-refractivity contribution in [2.45, 2.75) is 56.9 Å². The van der Waals surface area contributed by atoms with Gasteiger partial charge in [0.15, 0.2) is 0 Å². The predicted octanol–water partition coefficient (Wildman–Crippen LogP) is 1.04. The molecule has 0 saturated heterocycles. The van der Waals surface area contributed by atoms with E-state index in [-0.39, 0.29) is 0 Å². The highest BCUT2D eigenvalue weighted by Gasteiger charge is 2.23. The highest BCUT2D eigenvalue weighted by atomic mass is 32.2. The Bertz CT molecular complexity index is 203. The third-order valence-corrected chi connectivity index (χ3v) is 4.72. The molecule has 3 nitrogen and oxygen atoms in total. The minimum atomic E-state index is -0.830. The first-order valence-electron chi connectivity index (χ1n) is 5.88. The lowest BCUT2D eigenvalue weighted by Gasteiger charge is -2.16. The van der Waals surface area contributed by atoms with E-state index < -0.39 is 16.9 Å². The van der Waals surface area contributed by atoms with Gasteiger partial charge in [-0.2, -0.15) is 0 Å². The third kappa shape index (κ3) is 5.09. The molecule has 0 spiro atoms. The Balaban J connectivity index is 2.18. The number of aliphatic hydroxyl groups is 1. The first-order valence-corrected chi connectivity index (χ1v) is 7.26. The summed E-state index contributed by atoms with van der Waals surface area (Å²) in [6, 6.07) is 0.375. The van der Waals surface area contributed by atoms with Crippen molar-refractivity contribution in [2.75, 3.05) is 12.3 Å². The minimum Gasteiger partial charge on any atom is -0.391 e. The molecule has 1 rings (SSSR count). The van der Waals surface area contributed by atoms with Crippen LogP contribution >= 0.6 is 0 Å². The van der Waals surface area contributed by atoms with Crippen molar-refractivity contribution in [1.29, 1.82) is 0 Å².